The third-order valence-corrected chi connectivity index (χ3v) is 5.75. The fourth-order valence-electron chi connectivity index (χ4n) is 3.36. The zero-order valence-electron chi connectivity index (χ0n) is 15.1. The maximum atomic E-state index is 12.4. The number of carboxylic acid groups (broad SMARTS) is 1. The van der Waals surface area contributed by atoms with E-state index in [2.05, 4.69) is 5.32 Å². The number of amides is 1. The monoisotopic (exact) mass is 392 g/mol. The summed E-state index contributed by atoms with van der Waals surface area (Å²) in [7, 11) is -3.38. The number of carbonyl (C=O) groups excluding carboxylic acids is 1. The Labute approximate surface area is 156 Å². The van der Waals surface area contributed by atoms with E-state index < -0.39 is 16.0 Å². The van der Waals surface area contributed by atoms with E-state index in [4.69, 9.17) is 9.52 Å². The van der Waals surface area contributed by atoms with Crippen molar-refractivity contribution in [1.29, 1.82) is 0 Å². The lowest BCUT2D eigenvalue weighted by Gasteiger charge is -2.21. The van der Waals surface area contributed by atoms with Gasteiger partial charge in [0.15, 0.2) is 0 Å². The molecule has 2 N–H and O–H groups in total. The predicted molar refractivity (Wildman–Crippen MR) is 98.5 cm³/mol. The number of furan rings is 1. The van der Waals surface area contributed by atoms with Gasteiger partial charge in [-0.1, -0.05) is 0 Å². The van der Waals surface area contributed by atoms with Gasteiger partial charge in [0.25, 0.3) is 5.91 Å². The van der Waals surface area contributed by atoms with Crippen molar-refractivity contribution in [2.75, 3.05) is 10.6 Å². The first kappa shape index (κ1) is 19.0. The van der Waals surface area contributed by atoms with E-state index in [1.54, 1.807) is 25.1 Å². The number of benzene rings is 1. The van der Waals surface area contributed by atoms with Gasteiger partial charge in [-0.15, -0.1) is 0 Å². The lowest BCUT2D eigenvalue weighted by Crippen LogP contribution is -2.34. The average molecular weight is 392 g/mol. The molecule has 2 heterocycles. The third-order valence-electron chi connectivity index (χ3n) is 4.47. The number of sulfonamides is 1. The summed E-state index contributed by atoms with van der Waals surface area (Å²) >= 11 is 0. The van der Waals surface area contributed by atoms with E-state index in [1.807, 2.05) is 6.92 Å². The number of aromatic carboxylic acids is 1. The molecule has 0 radical (unpaired) electrons. The van der Waals surface area contributed by atoms with E-state index in [1.165, 1.54) is 10.4 Å². The molecule has 9 heteroatoms. The molecule has 2 aromatic rings. The molecule has 144 valence electrons. The summed E-state index contributed by atoms with van der Waals surface area (Å²) in [6.07, 6.45) is 1.69. The molecule has 1 aromatic carbocycles. The van der Waals surface area contributed by atoms with Crippen LogP contribution >= 0.6 is 0 Å². The number of aryl methyl sites for hydroxylation is 1. The van der Waals surface area contributed by atoms with Crippen LogP contribution < -0.4 is 9.62 Å². The summed E-state index contributed by atoms with van der Waals surface area (Å²) in [5.74, 6) is -0.818. The second kappa shape index (κ2) is 6.73. The van der Waals surface area contributed by atoms with Gasteiger partial charge in [-0.05, 0) is 50.1 Å². The first-order valence-corrected chi connectivity index (χ1v) is 10.2. The number of nitrogens with one attached hydrogen (secondary N) is 1. The summed E-state index contributed by atoms with van der Waals surface area (Å²) in [5, 5.41) is 11.7. The van der Waals surface area contributed by atoms with Gasteiger partial charge in [0.05, 0.1) is 18.5 Å². The summed E-state index contributed by atoms with van der Waals surface area (Å²) in [4.78, 5) is 23.4. The molecule has 1 aliphatic heterocycles. The second-order valence-electron chi connectivity index (χ2n) is 6.63. The summed E-state index contributed by atoms with van der Waals surface area (Å²) in [6.45, 7) is 3.42. The van der Waals surface area contributed by atoms with Gasteiger partial charge in [0.2, 0.25) is 10.0 Å². The van der Waals surface area contributed by atoms with Gasteiger partial charge in [0, 0.05) is 11.6 Å². The lowest BCUT2D eigenvalue weighted by atomic mass is 10.1. The van der Waals surface area contributed by atoms with Gasteiger partial charge >= 0.3 is 5.97 Å². The molecule has 1 amide bonds. The highest BCUT2D eigenvalue weighted by atomic mass is 32.2. The Morgan fingerprint density at radius 3 is 2.63 bits per heavy atom. The Hall–Kier alpha value is -2.81. The summed E-state index contributed by atoms with van der Waals surface area (Å²) < 4.78 is 30.6. The van der Waals surface area contributed by atoms with Gasteiger partial charge in [0.1, 0.15) is 17.1 Å². The van der Waals surface area contributed by atoms with Crippen LogP contribution in [0, 0.1) is 6.92 Å². The van der Waals surface area contributed by atoms with E-state index >= 15 is 0 Å². The number of carbonyl (C=O) groups is 2. The molecule has 0 bridgehead atoms. The smallest absolute Gasteiger partial charge is 0.339 e. The van der Waals surface area contributed by atoms with E-state index in [9.17, 15) is 18.0 Å². The Kier molecular flexibility index (Phi) is 4.73. The zero-order valence-corrected chi connectivity index (χ0v) is 16.0. The topological polar surface area (TPSA) is 117 Å². The molecule has 0 spiro atoms. The zero-order chi connectivity index (χ0) is 19.9. The van der Waals surface area contributed by atoms with Crippen molar-refractivity contribution < 1.29 is 27.5 Å². The van der Waals surface area contributed by atoms with Crippen molar-refractivity contribution in [3.05, 3.63) is 52.5 Å². The molecule has 1 aliphatic rings. The number of anilines is 1. The van der Waals surface area contributed by atoms with Crippen LogP contribution in [0.1, 0.15) is 44.7 Å². The fraction of sp³-hybridized carbons (Fsp3) is 0.333. The maximum absolute atomic E-state index is 12.4. The van der Waals surface area contributed by atoms with Gasteiger partial charge < -0.3 is 14.8 Å². The molecule has 27 heavy (non-hydrogen) atoms. The van der Waals surface area contributed by atoms with Crippen LogP contribution in [-0.2, 0) is 23.0 Å². The fourth-order valence-corrected chi connectivity index (χ4v) is 4.63. The van der Waals surface area contributed by atoms with Crippen molar-refractivity contribution in [1.82, 2.24) is 5.32 Å². The number of rotatable bonds is 5. The van der Waals surface area contributed by atoms with Crippen molar-refractivity contribution in [2.45, 2.75) is 32.9 Å². The third kappa shape index (κ3) is 3.68. The predicted octanol–water partition coefficient (Wildman–Crippen LogP) is 1.93. The highest BCUT2D eigenvalue weighted by molar-refractivity contribution is 7.92. The quantitative estimate of drug-likeness (QED) is 0.803. The largest absolute Gasteiger partial charge is 0.478 e. The van der Waals surface area contributed by atoms with Crippen LogP contribution in [-0.4, -0.2) is 37.7 Å². The Bertz CT molecular complexity index is 1020. The SMILES string of the molecule is Cc1oc(CNC(=O)c2ccc3c(c2)C[C@H](C)N3S(C)(=O)=O)cc1C(=O)O. The number of fused-ring (bicyclic) bond motifs is 1. The normalized spacial score (nSPS) is 16.3. The first-order chi connectivity index (χ1) is 12.6. The molecule has 0 aliphatic carbocycles. The number of hydrogen-bond donors (Lipinski definition) is 2. The highest BCUT2D eigenvalue weighted by Gasteiger charge is 2.32. The van der Waals surface area contributed by atoms with Crippen molar-refractivity contribution in [3.8, 4) is 0 Å². The molecule has 0 saturated carbocycles. The number of hydrogen-bond acceptors (Lipinski definition) is 5. The van der Waals surface area contributed by atoms with Crippen LogP contribution in [0.2, 0.25) is 0 Å². The van der Waals surface area contributed by atoms with Crippen molar-refractivity contribution >= 4 is 27.6 Å². The minimum atomic E-state index is -3.38. The number of carboxylic acids is 1. The van der Waals surface area contributed by atoms with E-state index in [0.29, 0.717) is 23.4 Å². The van der Waals surface area contributed by atoms with Gasteiger partial charge in [-0.25, -0.2) is 13.2 Å². The van der Waals surface area contributed by atoms with Crippen LogP contribution in [0.25, 0.3) is 0 Å². The van der Waals surface area contributed by atoms with Gasteiger partial charge in [-0.3, -0.25) is 9.10 Å². The average Bonchev–Trinajstić information content (AvgIpc) is 3.10. The van der Waals surface area contributed by atoms with Crippen LogP contribution in [0.5, 0.6) is 0 Å². The molecule has 1 aromatic heterocycles. The van der Waals surface area contributed by atoms with Crippen LogP contribution in [0.15, 0.2) is 28.7 Å². The summed E-state index contributed by atoms with van der Waals surface area (Å²) in [6, 6.07) is 6.07. The van der Waals surface area contributed by atoms with Gasteiger partial charge in [-0.2, -0.15) is 0 Å². The maximum Gasteiger partial charge on any atom is 0.339 e. The minimum Gasteiger partial charge on any atom is -0.478 e. The lowest BCUT2D eigenvalue weighted by molar-refractivity contribution is 0.0694. The molecular formula is C18H20N2O6S. The Balaban J connectivity index is 1.75. The Morgan fingerprint density at radius 2 is 2.04 bits per heavy atom. The molecule has 0 fully saturated rings. The molecule has 1 atom stereocenters. The molecule has 3 rings (SSSR count). The molecular weight excluding hydrogens is 372 g/mol. The molecule has 0 unspecified atom stereocenters. The van der Waals surface area contributed by atoms with Crippen molar-refractivity contribution in [3.63, 3.8) is 0 Å². The molecule has 0 saturated heterocycles. The Morgan fingerprint density at radius 1 is 1.33 bits per heavy atom. The molecule has 8 nitrogen and oxygen atoms in total. The van der Waals surface area contributed by atoms with E-state index in [0.717, 1.165) is 11.8 Å². The van der Waals surface area contributed by atoms with Crippen molar-refractivity contribution in [2.24, 2.45) is 0 Å². The second-order valence-corrected chi connectivity index (χ2v) is 8.49. The van der Waals surface area contributed by atoms with Crippen LogP contribution in [0.3, 0.4) is 0 Å². The van der Waals surface area contributed by atoms with Crippen LogP contribution in [0.4, 0.5) is 5.69 Å². The first-order valence-electron chi connectivity index (χ1n) is 8.31. The standard InChI is InChI=1S/C18H20N2O6S/c1-10-6-13-7-12(4-5-16(13)20(10)27(3,24)25)17(21)19-9-14-8-15(18(22)23)11(2)26-14/h4-5,7-8,10H,6,9H2,1-3H3,(H,19,21)(H,22,23)/t10-/m0/s1. The number of nitrogens with zero attached hydrogens (tertiary/aromatic N) is 1. The van der Waals surface area contributed by atoms with E-state index in [-0.39, 0.29) is 29.8 Å². The highest BCUT2D eigenvalue weighted by Crippen LogP contribution is 2.34. The minimum absolute atomic E-state index is 0.0515. The summed E-state index contributed by atoms with van der Waals surface area (Å²) in [5.41, 5.74) is 1.85.